The predicted octanol–water partition coefficient (Wildman–Crippen LogP) is 0.0284. The average Bonchev–Trinajstić information content (AvgIpc) is 1.95. The highest BCUT2D eigenvalue weighted by Gasteiger charge is 2.37. The van der Waals surface area contributed by atoms with Crippen LogP contribution >= 0.6 is 0 Å². The first-order chi connectivity index (χ1) is 5.83. The molecule has 4 nitrogen and oxygen atoms in total. The van der Waals surface area contributed by atoms with Gasteiger partial charge in [-0.1, -0.05) is 0 Å². The zero-order valence-corrected chi connectivity index (χ0v) is 8.96. The molecular weight excluding hydrogens is 168 g/mol. The number of hydrogen-bond acceptors (Lipinski definition) is 4. The Bertz CT molecular complexity index is 170. The molecule has 78 valence electrons. The highest BCUT2D eigenvalue weighted by atomic mass is 16.7. The van der Waals surface area contributed by atoms with Gasteiger partial charge in [0.2, 0.25) is 0 Å². The molecule has 0 aromatic heterocycles. The fourth-order valence-electron chi connectivity index (χ4n) is 1.44. The van der Waals surface area contributed by atoms with Gasteiger partial charge in [-0.3, -0.25) is 0 Å². The summed E-state index contributed by atoms with van der Waals surface area (Å²) in [7, 11) is 3.99. The molecule has 0 spiro atoms. The number of rotatable bonds is 2. The molecule has 1 heterocycles. The molecular formula is C9H20N2O2. The van der Waals surface area contributed by atoms with E-state index in [-0.39, 0.29) is 5.54 Å². The first kappa shape index (κ1) is 10.9. The second kappa shape index (κ2) is 3.53. The maximum Gasteiger partial charge on any atom is 0.162 e. The lowest BCUT2D eigenvalue weighted by Crippen LogP contribution is -2.61. The average molecular weight is 188 g/mol. The fraction of sp³-hybridized carbons (Fsp3) is 1.00. The van der Waals surface area contributed by atoms with Crippen molar-refractivity contribution in [3.8, 4) is 0 Å². The standard InChI is InChI=1S/C9H20N2O2/c1-8(2)12-6-9(10,7-13-8)5-11(3)4/h5-7,10H2,1-4H3. The van der Waals surface area contributed by atoms with Gasteiger partial charge in [0.15, 0.2) is 5.79 Å². The predicted molar refractivity (Wildman–Crippen MR) is 51.5 cm³/mol. The van der Waals surface area contributed by atoms with Gasteiger partial charge in [-0.15, -0.1) is 0 Å². The Morgan fingerprint density at radius 1 is 1.23 bits per heavy atom. The van der Waals surface area contributed by atoms with Crippen molar-refractivity contribution in [1.29, 1.82) is 0 Å². The molecule has 1 aliphatic heterocycles. The molecule has 4 heteroatoms. The van der Waals surface area contributed by atoms with E-state index in [4.69, 9.17) is 15.2 Å². The molecule has 0 saturated carbocycles. The van der Waals surface area contributed by atoms with Crippen LogP contribution in [0.5, 0.6) is 0 Å². The molecule has 2 N–H and O–H groups in total. The lowest BCUT2D eigenvalue weighted by atomic mass is 10.0. The number of hydrogen-bond donors (Lipinski definition) is 1. The van der Waals surface area contributed by atoms with Crippen LogP contribution < -0.4 is 5.73 Å². The van der Waals surface area contributed by atoms with Crippen molar-refractivity contribution in [3.63, 3.8) is 0 Å². The molecule has 13 heavy (non-hydrogen) atoms. The van der Waals surface area contributed by atoms with Gasteiger partial charge < -0.3 is 20.1 Å². The molecule has 1 saturated heterocycles. The van der Waals surface area contributed by atoms with E-state index in [9.17, 15) is 0 Å². The third-order valence-corrected chi connectivity index (χ3v) is 2.05. The summed E-state index contributed by atoms with van der Waals surface area (Å²) < 4.78 is 11.0. The van der Waals surface area contributed by atoms with Crippen LogP contribution in [0.3, 0.4) is 0 Å². The first-order valence-electron chi connectivity index (χ1n) is 4.55. The third-order valence-electron chi connectivity index (χ3n) is 2.05. The van der Waals surface area contributed by atoms with Crippen LogP contribution in [-0.2, 0) is 9.47 Å². The van der Waals surface area contributed by atoms with Crippen molar-refractivity contribution in [1.82, 2.24) is 4.90 Å². The Balaban J connectivity index is 2.47. The van der Waals surface area contributed by atoms with Gasteiger partial charge in [0.25, 0.3) is 0 Å². The van der Waals surface area contributed by atoms with Gasteiger partial charge in [0.1, 0.15) is 0 Å². The first-order valence-corrected chi connectivity index (χ1v) is 4.55. The van der Waals surface area contributed by atoms with Crippen LogP contribution in [0.15, 0.2) is 0 Å². The summed E-state index contributed by atoms with van der Waals surface area (Å²) in [6, 6.07) is 0. The van der Waals surface area contributed by atoms with Crippen molar-refractivity contribution in [2.45, 2.75) is 25.2 Å². The van der Waals surface area contributed by atoms with E-state index < -0.39 is 5.79 Å². The van der Waals surface area contributed by atoms with Crippen molar-refractivity contribution < 1.29 is 9.47 Å². The Kier molecular flexibility index (Phi) is 2.97. The SMILES string of the molecule is CN(C)CC1(N)COC(C)(C)OC1. The molecule has 0 unspecified atom stereocenters. The molecule has 0 bridgehead atoms. The minimum atomic E-state index is -0.477. The van der Waals surface area contributed by atoms with E-state index in [1.165, 1.54) is 0 Å². The minimum absolute atomic E-state index is 0.362. The summed E-state index contributed by atoms with van der Waals surface area (Å²) in [5.74, 6) is -0.477. The molecule has 0 amide bonds. The monoisotopic (exact) mass is 188 g/mol. The van der Waals surface area contributed by atoms with Gasteiger partial charge in [0.05, 0.1) is 18.8 Å². The van der Waals surface area contributed by atoms with E-state index in [0.717, 1.165) is 6.54 Å². The molecule has 0 aliphatic carbocycles. The highest BCUT2D eigenvalue weighted by molar-refractivity contribution is 4.90. The van der Waals surface area contributed by atoms with Crippen molar-refractivity contribution in [2.24, 2.45) is 5.73 Å². The molecule has 1 fully saturated rings. The molecule has 0 atom stereocenters. The maximum atomic E-state index is 6.09. The largest absolute Gasteiger partial charge is 0.348 e. The molecule has 1 rings (SSSR count). The Morgan fingerprint density at radius 2 is 1.69 bits per heavy atom. The summed E-state index contributed by atoms with van der Waals surface area (Å²) in [5.41, 5.74) is 5.73. The number of nitrogens with zero attached hydrogens (tertiary/aromatic N) is 1. The zero-order valence-electron chi connectivity index (χ0n) is 8.96. The van der Waals surface area contributed by atoms with E-state index in [2.05, 4.69) is 0 Å². The Morgan fingerprint density at radius 3 is 2.08 bits per heavy atom. The van der Waals surface area contributed by atoms with Gasteiger partial charge in [-0.2, -0.15) is 0 Å². The number of ether oxygens (including phenoxy) is 2. The maximum absolute atomic E-state index is 6.09. The summed E-state index contributed by atoms with van der Waals surface area (Å²) in [6.45, 7) is 5.70. The van der Waals surface area contributed by atoms with E-state index in [0.29, 0.717) is 13.2 Å². The second-order valence-corrected chi connectivity index (χ2v) is 4.58. The summed E-state index contributed by atoms with van der Waals surface area (Å²) >= 11 is 0. The van der Waals surface area contributed by atoms with Gasteiger partial charge >= 0.3 is 0 Å². The molecule has 0 aromatic carbocycles. The van der Waals surface area contributed by atoms with Gasteiger partial charge in [0, 0.05) is 6.54 Å². The van der Waals surface area contributed by atoms with Crippen LogP contribution in [0.2, 0.25) is 0 Å². The van der Waals surface area contributed by atoms with Crippen LogP contribution in [0.1, 0.15) is 13.8 Å². The fourth-order valence-corrected chi connectivity index (χ4v) is 1.44. The van der Waals surface area contributed by atoms with Gasteiger partial charge in [-0.25, -0.2) is 0 Å². The topological polar surface area (TPSA) is 47.7 Å². The zero-order chi connectivity index (χ0) is 10.1. The minimum Gasteiger partial charge on any atom is -0.348 e. The van der Waals surface area contributed by atoms with E-state index in [1.807, 2.05) is 32.8 Å². The van der Waals surface area contributed by atoms with Crippen LogP contribution in [0.4, 0.5) is 0 Å². The summed E-state index contributed by atoms with van der Waals surface area (Å²) in [5, 5.41) is 0. The Labute approximate surface area is 80.0 Å². The van der Waals surface area contributed by atoms with E-state index in [1.54, 1.807) is 0 Å². The van der Waals surface area contributed by atoms with Crippen molar-refractivity contribution in [2.75, 3.05) is 33.9 Å². The van der Waals surface area contributed by atoms with Crippen molar-refractivity contribution >= 4 is 0 Å². The normalized spacial score (nSPS) is 26.3. The van der Waals surface area contributed by atoms with Crippen LogP contribution in [-0.4, -0.2) is 50.1 Å². The van der Waals surface area contributed by atoms with Crippen molar-refractivity contribution in [3.05, 3.63) is 0 Å². The van der Waals surface area contributed by atoms with Crippen LogP contribution in [0, 0.1) is 0 Å². The van der Waals surface area contributed by atoms with Crippen LogP contribution in [0.25, 0.3) is 0 Å². The Hall–Kier alpha value is -0.160. The quantitative estimate of drug-likeness (QED) is 0.664. The summed E-state index contributed by atoms with van der Waals surface area (Å²) in [4.78, 5) is 2.05. The summed E-state index contributed by atoms with van der Waals surface area (Å²) in [6.07, 6.45) is 0. The molecule has 1 aliphatic rings. The highest BCUT2D eigenvalue weighted by Crippen LogP contribution is 2.21. The lowest BCUT2D eigenvalue weighted by molar-refractivity contribution is -0.267. The lowest BCUT2D eigenvalue weighted by Gasteiger charge is -2.42. The smallest absolute Gasteiger partial charge is 0.162 e. The second-order valence-electron chi connectivity index (χ2n) is 4.58. The van der Waals surface area contributed by atoms with Gasteiger partial charge in [-0.05, 0) is 27.9 Å². The molecule has 0 aromatic rings. The number of likely N-dealkylation sites (N-methyl/N-ethyl adjacent to an activating group) is 1. The third kappa shape index (κ3) is 3.23. The molecule has 0 radical (unpaired) electrons. The number of nitrogens with two attached hydrogens (primary N) is 1. The van der Waals surface area contributed by atoms with E-state index >= 15 is 0 Å².